The molecule has 1 N–H and O–H groups in total. The van der Waals surface area contributed by atoms with Crippen molar-refractivity contribution in [1.82, 2.24) is 0 Å². The van der Waals surface area contributed by atoms with E-state index in [-0.39, 0.29) is 40.2 Å². The second-order valence-corrected chi connectivity index (χ2v) is 10.3. The summed E-state index contributed by atoms with van der Waals surface area (Å²) in [6, 6.07) is 0. The molecule has 5 aliphatic carbocycles. The topological polar surface area (TPSA) is 54.4 Å². The smallest absolute Gasteiger partial charge is 0.161 e. The number of rotatable bonds is 1. The molecular formula is C22H27ClO3. The van der Waals surface area contributed by atoms with Crippen LogP contribution in [-0.4, -0.2) is 22.3 Å². The molecule has 0 bridgehead atoms. The highest BCUT2D eigenvalue weighted by Gasteiger charge is 2.69. The zero-order valence-corrected chi connectivity index (χ0v) is 16.5. The number of hydrogen-bond donors (Lipinski definition) is 1. The first-order valence-corrected chi connectivity index (χ1v) is 10.4. The number of aliphatic hydroxyl groups is 1. The summed E-state index contributed by atoms with van der Waals surface area (Å²) < 4.78 is 0. The molecule has 0 radical (unpaired) electrons. The maximum atomic E-state index is 12.3. The Balaban J connectivity index is 1.62. The summed E-state index contributed by atoms with van der Waals surface area (Å²) in [5.41, 5.74) is -0.566. The lowest BCUT2D eigenvalue weighted by molar-refractivity contribution is -0.157. The van der Waals surface area contributed by atoms with Crippen molar-refractivity contribution in [3.05, 3.63) is 22.8 Å². The van der Waals surface area contributed by atoms with Crippen LogP contribution in [0.25, 0.3) is 0 Å². The van der Waals surface area contributed by atoms with Crippen molar-refractivity contribution < 1.29 is 14.7 Å². The molecule has 3 fully saturated rings. The lowest BCUT2D eigenvalue weighted by Crippen LogP contribution is -2.56. The van der Waals surface area contributed by atoms with Gasteiger partial charge in [0.2, 0.25) is 0 Å². The van der Waals surface area contributed by atoms with Gasteiger partial charge in [0.1, 0.15) is 5.60 Å². The SMILES string of the molecule is CC(=O)[C@@]1(O)CC[C@H]2[C@@H]3C=C(Cl)C4=CC(=O)[C@@H]5C[C@@H]5[C@]4(C)C3CC[C@@]21C. The van der Waals surface area contributed by atoms with E-state index in [1.165, 1.54) is 6.92 Å². The predicted octanol–water partition coefficient (Wildman–Crippen LogP) is 4.04. The second-order valence-electron chi connectivity index (χ2n) is 9.91. The Kier molecular flexibility index (Phi) is 3.25. The number of halogens is 1. The van der Waals surface area contributed by atoms with Crippen molar-refractivity contribution in [3.8, 4) is 0 Å². The van der Waals surface area contributed by atoms with E-state index in [0.717, 1.165) is 36.3 Å². The van der Waals surface area contributed by atoms with Gasteiger partial charge in [0.05, 0.1) is 0 Å². The first-order valence-electron chi connectivity index (χ1n) is 10.0. The van der Waals surface area contributed by atoms with Gasteiger partial charge in [0.15, 0.2) is 11.6 Å². The van der Waals surface area contributed by atoms with Crippen molar-refractivity contribution >= 4 is 23.2 Å². The van der Waals surface area contributed by atoms with E-state index < -0.39 is 5.60 Å². The fourth-order valence-electron chi connectivity index (χ4n) is 7.56. The highest BCUT2D eigenvalue weighted by atomic mass is 35.5. The molecule has 140 valence electrons. The summed E-state index contributed by atoms with van der Waals surface area (Å²) in [4.78, 5) is 24.6. The molecule has 5 rings (SSSR count). The average Bonchev–Trinajstić information content (AvgIpc) is 3.33. The van der Waals surface area contributed by atoms with Crippen LogP contribution in [0.5, 0.6) is 0 Å². The third kappa shape index (κ3) is 1.75. The summed E-state index contributed by atoms with van der Waals surface area (Å²) in [5.74, 6) is 1.78. The van der Waals surface area contributed by atoms with Crippen molar-refractivity contribution in [1.29, 1.82) is 0 Å². The average molecular weight is 375 g/mol. The minimum absolute atomic E-state index is 0.0344. The van der Waals surface area contributed by atoms with Gasteiger partial charge in [0, 0.05) is 21.8 Å². The van der Waals surface area contributed by atoms with Gasteiger partial charge >= 0.3 is 0 Å². The van der Waals surface area contributed by atoms with Crippen LogP contribution >= 0.6 is 11.6 Å². The number of carbonyl (C=O) groups excluding carboxylic acids is 2. The third-order valence-electron chi connectivity index (χ3n) is 9.23. The quantitative estimate of drug-likeness (QED) is 0.753. The number of ketones is 2. The van der Waals surface area contributed by atoms with E-state index in [2.05, 4.69) is 19.9 Å². The van der Waals surface area contributed by atoms with Gasteiger partial charge in [-0.05, 0) is 74.3 Å². The van der Waals surface area contributed by atoms with E-state index in [9.17, 15) is 14.7 Å². The lowest BCUT2D eigenvalue weighted by atomic mass is 9.47. The van der Waals surface area contributed by atoms with Crippen molar-refractivity contribution in [2.75, 3.05) is 0 Å². The molecule has 3 saturated carbocycles. The van der Waals surface area contributed by atoms with Crippen LogP contribution in [0.3, 0.4) is 0 Å². The minimum Gasteiger partial charge on any atom is -0.382 e. The highest BCUT2D eigenvalue weighted by molar-refractivity contribution is 6.32. The molecule has 0 saturated heterocycles. The number of allylic oxidation sites excluding steroid dienone is 4. The van der Waals surface area contributed by atoms with E-state index in [1.54, 1.807) is 0 Å². The lowest BCUT2D eigenvalue weighted by Gasteiger charge is -2.57. The highest BCUT2D eigenvalue weighted by Crippen LogP contribution is 2.72. The zero-order chi connectivity index (χ0) is 18.6. The van der Waals surface area contributed by atoms with Gasteiger partial charge in [0.25, 0.3) is 0 Å². The van der Waals surface area contributed by atoms with Crippen molar-refractivity contribution in [3.63, 3.8) is 0 Å². The molecule has 8 atom stereocenters. The molecule has 0 aromatic rings. The summed E-state index contributed by atoms with van der Waals surface area (Å²) in [6.45, 7) is 5.97. The fourth-order valence-corrected chi connectivity index (χ4v) is 7.96. The van der Waals surface area contributed by atoms with Crippen LogP contribution in [0.4, 0.5) is 0 Å². The molecule has 0 spiro atoms. The summed E-state index contributed by atoms with van der Waals surface area (Å²) in [7, 11) is 0. The molecule has 0 aliphatic heterocycles. The van der Waals surface area contributed by atoms with Crippen molar-refractivity contribution in [2.45, 2.75) is 58.5 Å². The summed E-state index contributed by atoms with van der Waals surface area (Å²) in [6.07, 6.45) is 8.25. The van der Waals surface area contributed by atoms with E-state index in [0.29, 0.717) is 18.3 Å². The minimum atomic E-state index is -1.20. The van der Waals surface area contributed by atoms with Crippen LogP contribution in [0.2, 0.25) is 0 Å². The fraction of sp³-hybridized carbons (Fsp3) is 0.727. The molecule has 0 heterocycles. The van der Waals surface area contributed by atoms with Crippen molar-refractivity contribution in [2.24, 2.45) is 40.4 Å². The van der Waals surface area contributed by atoms with Gasteiger partial charge in [-0.3, -0.25) is 9.59 Å². The standard InChI is InChI=1S/C22H27ClO3/c1-11(24)22(26)7-5-14-12-9-18(23)17-10-19(25)13-8-16(13)21(17,3)15(12)4-6-20(14,22)2/h9-10,12-16,26H,4-8H2,1-3H3/t12-,13+,14-,15?,16-,20-,21-,22-/m0/s1. The second kappa shape index (κ2) is 4.91. The Labute approximate surface area is 159 Å². The molecular weight excluding hydrogens is 348 g/mol. The zero-order valence-electron chi connectivity index (χ0n) is 15.7. The van der Waals surface area contributed by atoms with E-state index in [4.69, 9.17) is 11.6 Å². The van der Waals surface area contributed by atoms with Crippen LogP contribution in [-0.2, 0) is 9.59 Å². The molecule has 5 aliphatic rings. The van der Waals surface area contributed by atoms with E-state index in [1.807, 2.05) is 6.08 Å². The van der Waals surface area contributed by atoms with Gasteiger partial charge in [-0.2, -0.15) is 0 Å². The number of hydrogen-bond acceptors (Lipinski definition) is 3. The Morgan fingerprint density at radius 3 is 2.58 bits per heavy atom. The largest absolute Gasteiger partial charge is 0.382 e. The maximum Gasteiger partial charge on any atom is 0.161 e. The molecule has 4 heteroatoms. The number of fused-ring (bicyclic) bond motifs is 7. The van der Waals surface area contributed by atoms with Gasteiger partial charge < -0.3 is 5.11 Å². The molecule has 0 amide bonds. The normalized spacial score (nSPS) is 54.3. The Bertz CT molecular complexity index is 797. The maximum absolute atomic E-state index is 12.3. The monoisotopic (exact) mass is 374 g/mol. The Morgan fingerprint density at radius 1 is 1.19 bits per heavy atom. The third-order valence-corrected chi connectivity index (χ3v) is 9.56. The Morgan fingerprint density at radius 2 is 1.88 bits per heavy atom. The number of Topliss-reactive ketones (excluding diaryl/α,β-unsaturated/α-hetero) is 1. The van der Waals surface area contributed by atoms with Crippen LogP contribution in [0, 0.1) is 40.4 Å². The molecule has 3 nitrogen and oxygen atoms in total. The van der Waals surface area contributed by atoms with E-state index >= 15 is 0 Å². The molecule has 26 heavy (non-hydrogen) atoms. The summed E-state index contributed by atoms with van der Waals surface area (Å²) in [5, 5.41) is 11.9. The summed E-state index contributed by atoms with van der Waals surface area (Å²) >= 11 is 6.73. The van der Waals surface area contributed by atoms with Gasteiger partial charge in [-0.15, -0.1) is 0 Å². The molecule has 0 aromatic carbocycles. The van der Waals surface area contributed by atoms with Crippen LogP contribution in [0.15, 0.2) is 22.8 Å². The molecule has 1 unspecified atom stereocenters. The predicted molar refractivity (Wildman–Crippen MR) is 99.4 cm³/mol. The first kappa shape index (κ1) is 17.2. The first-order chi connectivity index (χ1) is 12.1. The van der Waals surface area contributed by atoms with Gasteiger partial charge in [-0.1, -0.05) is 31.5 Å². The van der Waals surface area contributed by atoms with Gasteiger partial charge in [-0.25, -0.2) is 0 Å². The van der Waals surface area contributed by atoms with Crippen LogP contribution in [0.1, 0.15) is 52.9 Å². The number of carbonyl (C=O) groups is 2. The Hall–Kier alpha value is -0.930. The van der Waals surface area contributed by atoms with Crippen LogP contribution < -0.4 is 0 Å². The molecule has 0 aromatic heterocycles.